The lowest BCUT2D eigenvalue weighted by Gasteiger charge is -2.00. The summed E-state index contributed by atoms with van der Waals surface area (Å²) in [7, 11) is 0. The van der Waals surface area contributed by atoms with Crippen molar-refractivity contribution in [1.29, 1.82) is 0 Å². The highest BCUT2D eigenvalue weighted by Crippen LogP contribution is 2.03. The van der Waals surface area contributed by atoms with Crippen molar-refractivity contribution in [2.45, 2.75) is 18.5 Å². The molecule has 4 heteroatoms. The summed E-state index contributed by atoms with van der Waals surface area (Å²) >= 11 is 0. The van der Waals surface area contributed by atoms with E-state index in [1.165, 1.54) is 0 Å². The first kappa shape index (κ1) is 6.51. The molecular formula is C5H10N2O2. The monoisotopic (exact) mass is 130 g/mol. The number of rotatable bonds is 1. The highest BCUT2D eigenvalue weighted by atomic mass is 16.4. The lowest BCUT2D eigenvalue weighted by atomic mass is 10.2. The van der Waals surface area contributed by atoms with E-state index in [-0.39, 0.29) is 6.04 Å². The maximum Gasteiger partial charge on any atom is 0.320 e. The Hall–Kier alpha value is -0.610. The molecule has 2 atom stereocenters. The number of carbonyl (C=O) groups is 1. The van der Waals surface area contributed by atoms with Crippen molar-refractivity contribution >= 4 is 5.97 Å². The summed E-state index contributed by atoms with van der Waals surface area (Å²) in [5.41, 5.74) is 5.44. The van der Waals surface area contributed by atoms with Gasteiger partial charge >= 0.3 is 5.97 Å². The molecule has 0 unspecified atom stereocenters. The second-order valence-corrected chi connectivity index (χ2v) is 2.29. The van der Waals surface area contributed by atoms with Gasteiger partial charge in [-0.25, -0.2) is 0 Å². The molecule has 0 aliphatic carbocycles. The van der Waals surface area contributed by atoms with Gasteiger partial charge in [-0.15, -0.1) is 0 Å². The summed E-state index contributed by atoms with van der Waals surface area (Å²) in [6.07, 6.45) is 0.551. The molecule has 4 N–H and O–H groups in total. The maximum absolute atomic E-state index is 10.2. The van der Waals surface area contributed by atoms with E-state index in [0.717, 1.165) is 0 Å². The van der Waals surface area contributed by atoms with Gasteiger partial charge in [-0.2, -0.15) is 0 Å². The van der Waals surface area contributed by atoms with Crippen LogP contribution in [0.2, 0.25) is 0 Å². The minimum atomic E-state index is -0.803. The van der Waals surface area contributed by atoms with Crippen molar-refractivity contribution < 1.29 is 9.90 Å². The number of nitrogens with one attached hydrogen (secondary N) is 1. The van der Waals surface area contributed by atoms with Crippen LogP contribution < -0.4 is 11.1 Å². The molecule has 0 aromatic rings. The average molecular weight is 130 g/mol. The lowest BCUT2D eigenvalue weighted by molar-refractivity contribution is -0.139. The van der Waals surface area contributed by atoms with E-state index in [4.69, 9.17) is 10.8 Å². The molecule has 0 saturated carbocycles. The lowest BCUT2D eigenvalue weighted by Crippen LogP contribution is -2.30. The summed E-state index contributed by atoms with van der Waals surface area (Å²) < 4.78 is 0. The molecule has 0 radical (unpaired) electrons. The molecular weight excluding hydrogens is 120 g/mol. The third-order valence-electron chi connectivity index (χ3n) is 1.46. The molecule has 1 aliphatic rings. The van der Waals surface area contributed by atoms with Crippen LogP contribution in [0.3, 0.4) is 0 Å². The van der Waals surface area contributed by atoms with Gasteiger partial charge in [-0.3, -0.25) is 4.79 Å². The number of carboxylic acids is 1. The Morgan fingerprint density at radius 1 is 1.78 bits per heavy atom. The van der Waals surface area contributed by atoms with Crippen LogP contribution in [0.15, 0.2) is 0 Å². The van der Waals surface area contributed by atoms with Crippen molar-refractivity contribution in [2.24, 2.45) is 5.73 Å². The summed E-state index contributed by atoms with van der Waals surface area (Å²) in [6.45, 7) is 0.622. The van der Waals surface area contributed by atoms with Crippen LogP contribution in [-0.4, -0.2) is 29.7 Å². The normalized spacial score (nSPS) is 34.8. The zero-order chi connectivity index (χ0) is 6.85. The SMILES string of the molecule is N[C@H]1CN[C@H](C(=O)O)C1. The van der Waals surface area contributed by atoms with Crippen LogP contribution in [0.4, 0.5) is 0 Å². The molecule has 1 heterocycles. The standard InChI is InChI=1S/C5H10N2O2/c6-3-1-4(5(8)9)7-2-3/h3-4,7H,1-2,6H2,(H,8,9)/t3-,4+/m1/s1. The topological polar surface area (TPSA) is 75.3 Å². The van der Waals surface area contributed by atoms with Gasteiger partial charge in [0.25, 0.3) is 0 Å². The van der Waals surface area contributed by atoms with Crippen LogP contribution in [0.25, 0.3) is 0 Å². The Morgan fingerprint density at radius 3 is 2.67 bits per heavy atom. The van der Waals surface area contributed by atoms with Crippen molar-refractivity contribution in [3.8, 4) is 0 Å². The Labute approximate surface area is 53.0 Å². The summed E-state index contributed by atoms with van der Waals surface area (Å²) in [4.78, 5) is 10.2. The zero-order valence-corrected chi connectivity index (χ0v) is 5.00. The number of nitrogens with two attached hydrogens (primary N) is 1. The summed E-state index contributed by atoms with van der Waals surface area (Å²) in [5, 5.41) is 11.2. The molecule has 1 rings (SSSR count). The fourth-order valence-corrected chi connectivity index (χ4v) is 0.951. The zero-order valence-electron chi connectivity index (χ0n) is 5.00. The van der Waals surface area contributed by atoms with E-state index in [2.05, 4.69) is 5.32 Å². The molecule has 52 valence electrons. The van der Waals surface area contributed by atoms with Crippen LogP contribution in [-0.2, 0) is 4.79 Å². The Bertz CT molecular complexity index is 126. The van der Waals surface area contributed by atoms with Gasteiger partial charge in [0.05, 0.1) is 0 Å². The molecule has 0 spiro atoms. The summed E-state index contributed by atoms with van der Waals surface area (Å²) in [6, 6.07) is -0.397. The largest absolute Gasteiger partial charge is 0.480 e. The average Bonchev–Trinajstić information content (AvgIpc) is 2.14. The quantitative estimate of drug-likeness (QED) is 0.415. The Balaban J connectivity index is 2.39. The Morgan fingerprint density at radius 2 is 2.44 bits per heavy atom. The molecule has 1 fully saturated rings. The summed E-state index contributed by atoms with van der Waals surface area (Å²) in [5.74, 6) is -0.803. The number of aliphatic carboxylic acids is 1. The van der Waals surface area contributed by atoms with Crippen LogP contribution >= 0.6 is 0 Å². The van der Waals surface area contributed by atoms with Gasteiger partial charge in [0.1, 0.15) is 6.04 Å². The molecule has 1 saturated heterocycles. The minimum absolute atomic E-state index is 0.0195. The van der Waals surface area contributed by atoms with Crippen LogP contribution in [0.1, 0.15) is 6.42 Å². The molecule has 0 aromatic carbocycles. The Kier molecular flexibility index (Phi) is 1.68. The van der Waals surface area contributed by atoms with Crippen molar-refractivity contribution in [3.05, 3.63) is 0 Å². The maximum atomic E-state index is 10.2. The predicted octanol–water partition coefficient (Wildman–Crippen LogP) is -1.24. The number of carboxylic acid groups (broad SMARTS) is 1. The van der Waals surface area contributed by atoms with Crippen molar-refractivity contribution in [2.75, 3.05) is 6.54 Å². The van der Waals surface area contributed by atoms with Crippen molar-refractivity contribution in [3.63, 3.8) is 0 Å². The van der Waals surface area contributed by atoms with E-state index in [0.29, 0.717) is 13.0 Å². The molecule has 4 nitrogen and oxygen atoms in total. The molecule has 0 aromatic heterocycles. The van der Waals surface area contributed by atoms with Gasteiger partial charge in [-0.05, 0) is 6.42 Å². The molecule has 1 aliphatic heterocycles. The third kappa shape index (κ3) is 1.40. The van der Waals surface area contributed by atoms with E-state index in [1.807, 2.05) is 0 Å². The fraction of sp³-hybridized carbons (Fsp3) is 0.800. The fourth-order valence-electron chi connectivity index (χ4n) is 0.951. The number of hydrogen-bond acceptors (Lipinski definition) is 3. The number of hydrogen-bond donors (Lipinski definition) is 3. The van der Waals surface area contributed by atoms with E-state index >= 15 is 0 Å². The minimum Gasteiger partial charge on any atom is -0.480 e. The van der Waals surface area contributed by atoms with E-state index < -0.39 is 12.0 Å². The third-order valence-corrected chi connectivity index (χ3v) is 1.46. The highest BCUT2D eigenvalue weighted by Gasteiger charge is 2.26. The van der Waals surface area contributed by atoms with Crippen LogP contribution in [0.5, 0.6) is 0 Å². The second-order valence-electron chi connectivity index (χ2n) is 2.29. The van der Waals surface area contributed by atoms with E-state index in [1.54, 1.807) is 0 Å². The highest BCUT2D eigenvalue weighted by molar-refractivity contribution is 5.73. The molecule has 9 heavy (non-hydrogen) atoms. The first-order valence-electron chi connectivity index (χ1n) is 2.92. The van der Waals surface area contributed by atoms with E-state index in [9.17, 15) is 4.79 Å². The first-order chi connectivity index (χ1) is 4.20. The van der Waals surface area contributed by atoms with Crippen molar-refractivity contribution in [1.82, 2.24) is 5.32 Å². The first-order valence-corrected chi connectivity index (χ1v) is 2.92. The smallest absolute Gasteiger partial charge is 0.320 e. The predicted molar refractivity (Wildman–Crippen MR) is 32.0 cm³/mol. The van der Waals surface area contributed by atoms with Crippen LogP contribution in [0, 0.1) is 0 Å². The van der Waals surface area contributed by atoms with Gasteiger partial charge in [-0.1, -0.05) is 0 Å². The van der Waals surface area contributed by atoms with Gasteiger partial charge in [0, 0.05) is 12.6 Å². The second kappa shape index (κ2) is 2.33. The molecule has 0 amide bonds. The molecule has 0 bridgehead atoms. The van der Waals surface area contributed by atoms with Gasteiger partial charge < -0.3 is 16.2 Å². The van der Waals surface area contributed by atoms with Gasteiger partial charge in [0.15, 0.2) is 0 Å². The van der Waals surface area contributed by atoms with Gasteiger partial charge in [0.2, 0.25) is 0 Å².